The van der Waals surface area contributed by atoms with Gasteiger partial charge in [0.1, 0.15) is 12.3 Å². The molecule has 1 aromatic heterocycles. The largest absolute Gasteiger partial charge is 0.477 e. The molecule has 7 nitrogen and oxygen atoms in total. The molecule has 0 aliphatic carbocycles. The molecule has 0 aliphatic heterocycles. The number of ether oxygens (including phenoxy) is 2. The molecular weight excluding hydrogens is 276 g/mol. The second kappa shape index (κ2) is 7.56. The van der Waals surface area contributed by atoms with Gasteiger partial charge in [-0.1, -0.05) is 13.8 Å². The first kappa shape index (κ1) is 16.9. The molecule has 0 fully saturated rings. The Labute approximate surface area is 122 Å². The Hall–Kier alpha value is -2.18. The van der Waals surface area contributed by atoms with E-state index in [1.807, 2.05) is 13.8 Å². The van der Waals surface area contributed by atoms with Crippen LogP contribution < -0.4 is 10.3 Å². The fourth-order valence-electron chi connectivity index (χ4n) is 1.99. The minimum atomic E-state index is -0.773. The van der Waals surface area contributed by atoms with E-state index in [9.17, 15) is 14.4 Å². The van der Waals surface area contributed by atoms with Crippen LogP contribution in [0.3, 0.4) is 0 Å². The molecule has 0 unspecified atom stereocenters. The number of nitrogens with zero attached hydrogens (tertiary/aromatic N) is 2. The van der Waals surface area contributed by atoms with Gasteiger partial charge in [-0.2, -0.15) is 0 Å². The Morgan fingerprint density at radius 1 is 1.43 bits per heavy atom. The molecule has 0 saturated heterocycles. The fourth-order valence-corrected chi connectivity index (χ4v) is 1.99. The highest BCUT2D eigenvalue weighted by molar-refractivity contribution is 5.74. The zero-order chi connectivity index (χ0) is 16.0. The molecule has 1 atom stereocenters. The molecule has 1 rings (SSSR count). The monoisotopic (exact) mass is 296 g/mol. The zero-order valence-corrected chi connectivity index (χ0v) is 12.7. The van der Waals surface area contributed by atoms with E-state index < -0.39 is 17.6 Å². The molecule has 21 heavy (non-hydrogen) atoms. The van der Waals surface area contributed by atoms with Gasteiger partial charge in [-0.15, -0.1) is 0 Å². The summed E-state index contributed by atoms with van der Waals surface area (Å²) in [4.78, 5) is 38.8. The first-order valence-electron chi connectivity index (χ1n) is 6.62. The molecule has 116 valence electrons. The number of hydrogen-bond donors (Lipinski definition) is 0. The summed E-state index contributed by atoms with van der Waals surface area (Å²) in [5.74, 6) is -0.488. The van der Waals surface area contributed by atoms with E-state index in [0.717, 1.165) is 0 Å². The maximum atomic E-state index is 12.3. The summed E-state index contributed by atoms with van der Waals surface area (Å²) in [6, 6.07) is -0.773. The highest BCUT2D eigenvalue weighted by atomic mass is 16.5. The lowest BCUT2D eigenvalue weighted by Gasteiger charge is -2.20. The summed E-state index contributed by atoms with van der Waals surface area (Å²) < 4.78 is 10.9. The Balaban J connectivity index is 3.40. The topological polar surface area (TPSA) is 87.5 Å². The summed E-state index contributed by atoms with van der Waals surface area (Å²) in [5.41, 5.74) is -0.165. The van der Waals surface area contributed by atoms with Crippen molar-refractivity contribution in [2.24, 2.45) is 5.92 Å². The second-order valence-corrected chi connectivity index (χ2v) is 4.99. The van der Waals surface area contributed by atoms with Crippen molar-refractivity contribution in [3.05, 3.63) is 22.2 Å². The summed E-state index contributed by atoms with van der Waals surface area (Å²) in [5, 5.41) is 0. The lowest BCUT2D eigenvalue weighted by molar-refractivity contribution is -0.145. The molecule has 0 aliphatic rings. The van der Waals surface area contributed by atoms with Crippen molar-refractivity contribution in [1.82, 2.24) is 9.55 Å². The lowest BCUT2D eigenvalue weighted by atomic mass is 10.0. The molecule has 0 aromatic carbocycles. The number of methoxy groups -OCH3 is 2. The molecule has 0 spiro atoms. The van der Waals surface area contributed by atoms with E-state index >= 15 is 0 Å². The van der Waals surface area contributed by atoms with Crippen molar-refractivity contribution in [3.8, 4) is 5.88 Å². The molecule has 0 N–H and O–H groups in total. The predicted octanol–water partition coefficient (Wildman–Crippen LogP) is 0.753. The molecule has 0 amide bonds. The van der Waals surface area contributed by atoms with Crippen LogP contribution in [-0.2, 0) is 20.7 Å². The number of aldehydes is 1. The summed E-state index contributed by atoms with van der Waals surface area (Å²) >= 11 is 0. The minimum Gasteiger partial charge on any atom is -0.477 e. The average molecular weight is 296 g/mol. The SMILES string of the molecule is COC(=O)[C@H](CC(C)C)n1cc(CC=O)nc(OC)c1=O. The van der Waals surface area contributed by atoms with Gasteiger partial charge in [-0.25, -0.2) is 9.78 Å². The Bertz CT molecular complexity index is 565. The van der Waals surface area contributed by atoms with Gasteiger partial charge < -0.3 is 14.3 Å². The molecular formula is C14H20N2O5. The van der Waals surface area contributed by atoms with Crippen LogP contribution in [0.2, 0.25) is 0 Å². The maximum Gasteiger partial charge on any atom is 0.328 e. The van der Waals surface area contributed by atoms with Crippen molar-refractivity contribution in [1.29, 1.82) is 0 Å². The van der Waals surface area contributed by atoms with Crippen LogP contribution in [0.25, 0.3) is 0 Å². The Morgan fingerprint density at radius 3 is 2.57 bits per heavy atom. The van der Waals surface area contributed by atoms with Crippen LogP contribution in [0.4, 0.5) is 0 Å². The van der Waals surface area contributed by atoms with E-state index in [1.165, 1.54) is 25.0 Å². The van der Waals surface area contributed by atoms with Crippen LogP contribution >= 0.6 is 0 Å². The highest BCUT2D eigenvalue weighted by Crippen LogP contribution is 2.19. The van der Waals surface area contributed by atoms with Crippen molar-refractivity contribution < 1.29 is 19.1 Å². The lowest BCUT2D eigenvalue weighted by Crippen LogP contribution is -2.33. The number of rotatable bonds is 7. The highest BCUT2D eigenvalue weighted by Gasteiger charge is 2.25. The predicted molar refractivity (Wildman–Crippen MR) is 75.3 cm³/mol. The van der Waals surface area contributed by atoms with Crippen LogP contribution in [0.5, 0.6) is 5.88 Å². The maximum absolute atomic E-state index is 12.3. The number of carbonyl (C=O) groups excluding carboxylic acids is 2. The van der Waals surface area contributed by atoms with Crippen molar-refractivity contribution in [2.45, 2.75) is 32.7 Å². The van der Waals surface area contributed by atoms with Gasteiger partial charge in [0.05, 0.1) is 19.9 Å². The van der Waals surface area contributed by atoms with Gasteiger partial charge in [0.25, 0.3) is 5.88 Å². The van der Waals surface area contributed by atoms with Gasteiger partial charge in [0, 0.05) is 12.6 Å². The van der Waals surface area contributed by atoms with E-state index in [4.69, 9.17) is 9.47 Å². The molecule has 1 heterocycles. The van der Waals surface area contributed by atoms with Crippen LogP contribution in [0.15, 0.2) is 11.0 Å². The number of carbonyl (C=O) groups is 2. The summed E-state index contributed by atoms with van der Waals surface area (Å²) in [7, 11) is 2.58. The minimum absolute atomic E-state index is 0.0339. The Kier molecular flexibility index (Phi) is 6.08. The first-order chi connectivity index (χ1) is 9.94. The van der Waals surface area contributed by atoms with E-state index in [1.54, 1.807) is 0 Å². The molecule has 0 bridgehead atoms. The zero-order valence-electron chi connectivity index (χ0n) is 12.7. The third kappa shape index (κ3) is 4.14. The molecule has 1 aromatic rings. The fraction of sp³-hybridized carbons (Fsp3) is 0.571. The number of aromatic nitrogens is 2. The number of esters is 1. The third-order valence-corrected chi connectivity index (χ3v) is 2.94. The van der Waals surface area contributed by atoms with Crippen LogP contribution in [-0.4, -0.2) is 36.0 Å². The Morgan fingerprint density at radius 2 is 2.10 bits per heavy atom. The van der Waals surface area contributed by atoms with Gasteiger partial charge >= 0.3 is 11.5 Å². The van der Waals surface area contributed by atoms with Crippen molar-refractivity contribution >= 4 is 12.3 Å². The molecule has 0 saturated carbocycles. The third-order valence-electron chi connectivity index (χ3n) is 2.94. The van der Waals surface area contributed by atoms with Crippen molar-refractivity contribution in [3.63, 3.8) is 0 Å². The van der Waals surface area contributed by atoms with Crippen LogP contribution in [0.1, 0.15) is 32.0 Å². The quantitative estimate of drug-likeness (QED) is 0.545. The second-order valence-electron chi connectivity index (χ2n) is 4.99. The van der Waals surface area contributed by atoms with Crippen molar-refractivity contribution in [2.75, 3.05) is 14.2 Å². The van der Waals surface area contributed by atoms with E-state index in [2.05, 4.69) is 4.98 Å². The van der Waals surface area contributed by atoms with Gasteiger partial charge in [-0.3, -0.25) is 9.36 Å². The summed E-state index contributed by atoms with van der Waals surface area (Å²) in [6.07, 6.45) is 2.54. The van der Waals surface area contributed by atoms with E-state index in [-0.39, 0.29) is 18.2 Å². The first-order valence-corrected chi connectivity index (χ1v) is 6.62. The van der Waals surface area contributed by atoms with Gasteiger partial charge in [0.15, 0.2) is 0 Å². The standard InChI is InChI=1S/C14H20N2O5/c1-9(2)7-11(14(19)21-4)16-8-10(5-6-17)15-12(20-3)13(16)18/h6,8-9,11H,5,7H2,1-4H3/t11-/m0/s1. The summed E-state index contributed by atoms with van der Waals surface area (Å²) in [6.45, 7) is 3.87. The van der Waals surface area contributed by atoms with Crippen LogP contribution in [0, 0.1) is 5.92 Å². The van der Waals surface area contributed by atoms with Gasteiger partial charge in [-0.05, 0) is 12.3 Å². The number of hydrogen-bond acceptors (Lipinski definition) is 6. The van der Waals surface area contributed by atoms with Gasteiger partial charge in [0.2, 0.25) is 0 Å². The van der Waals surface area contributed by atoms with E-state index in [0.29, 0.717) is 18.4 Å². The molecule has 7 heteroatoms. The average Bonchev–Trinajstić information content (AvgIpc) is 2.45. The normalized spacial score (nSPS) is 12.0. The molecule has 0 radical (unpaired) electrons. The smallest absolute Gasteiger partial charge is 0.328 e.